The van der Waals surface area contributed by atoms with E-state index in [1.165, 1.54) is 11.9 Å². The number of para-hydroxylation sites is 1. The molecule has 1 amide bonds. The summed E-state index contributed by atoms with van der Waals surface area (Å²) >= 11 is 0. The Hall–Kier alpha value is -2.46. The van der Waals surface area contributed by atoms with Crippen LogP contribution in [0.15, 0.2) is 42.7 Å². The third kappa shape index (κ3) is 4.34. The summed E-state index contributed by atoms with van der Waals surface area (Å²) in [5.41, 5.74) is 1.66. The second kappa shape index (κ2) is 9.13. The summed E-state index contributed by atoms with van der Waals surface area (Å²) in [6.45, 7) is 3.22. The first-order chi connectivity index (χ1) is 14.6. The number of carbonyl (C=O) groups is 1. The molecule has 1 aromatic carbocycles. The summed E-state index contributed by atoms with van der Waals surface area (Å²) in [4.78, 5) is 16.9. The maximum atomic E-state index is 12.4. The molecule has 4 atom stereocenters. The zero-order valence-electron chi connectivity index (χ0n) is 17.1. The highest BCUT2D eigenvalue weighted by Crippen LogP contribution is 2.27. The Morgan fingerprint density at radius 2 is 1.93 bits per heavy atom. The van der Waals surface area contributed by atoms with Crippen molar-refractivity contribution in [2.45, 2.75) is 24.4 Å². The molecule has 0 aliphatic carbocycles. The summed E-state index contributed by atoms with van der Waals surface area (Å²) < 4.78 is 7.47. The van der Waals surface area contributed by atoms with Gasteiger partial charge in [-0.2, -0.15) is 5.10 Å². The summed E-state index contributed by atoms with van der Waals surface area (Å²) in [6.07, 6.45) is 1.30. The molecule has 9 heteroatoms. The number of anilines is 1. The van der Waals surface area contributed by atoms with E-state index < -0.39 is 18.3 Å². The van der Waals surface area contributed by atoms with E-state index in [-0.39, 0.29) is 25.1 Å². The van der Waals surface area contributed by atoms with Crippen molar-refractivity contribution in [1.29, 1.82) is 0 Å². The Bertz CT molecular complexity index is 837. The third-order valence-corrected chi connectivity index (χ3v) is 5.93. The zero-order chi connectivity index (χ0) is 21.1. The van der Waals surface area contributed by atoms with Gasteiger partial charge in [0.25, 0.3) is 5.91 Å². The van der Waals surface area contributed by atoms with Crippen LogP contribution in [0.2, 0.25) is 0 Å². The Balaban J connectivity index is 1.39. The minimum atomic E-state index is -0.807. The highest BCUT2D eigenvalue weighted by Gasteiger charge is 2.46. The van der Waals surface area contributed by atoms with Gasteiger partial charge in [0, 0.05) is 51.7 Å². The monoisotopic (exact) mass is 415 g/mol. The molecule has 4 unspecified atom stereocenters. The topological polar surface area (TPSA) is 103 Å². The van der Waals surface area contributed by atoms with E-state index >= 15 is 0 Å². The highest BCUT2D eigenvalue weighted by molar-refractivity contribution is 5.93. The molecule has 3 N–H and O–H groups in total. The number of aromatic nitrogens is 2. The molecule has 0 bridgehead atoms. The van der Waals surface area contributed by atoms with Crippen LogP contribution in [0.3, 0.4) is 0 Å². The van der Waals surface area contributed by atoms with Gasteiger partial charge in [-0.25, -0.2) is 0 Å². The van der Waals surface area contributed by atoms with Crippen LogP contribution < -0.4 is 10.2 Å². The maximum Gasteiger partial charge on any atom is 0.254 e. The number of nitrogens with zero attached hydrogens (tertiary/aromatic N) is 4. The average Bonchev–Trinajstić information content (AvgIpc) is 3.35. The molecule has 0 radical (unpaired) electrons. The molecule has 2 aromatic rings. The van der Waals surface area contributed by atoms with Gasteiger partial charge in [-0.3, -0.25) is 14.4 Å². The van der Waals surface area contributed by atoms with Crippen LogP contribution in [0.25, 0.3) is 0 Å². The predicted molar refractivity (Wildman–Crippen MR) is 111 cm³/mol. The molecule has 3 heterocycles. The van der Waals surface area contributed by atoms with Crippen molar-refractivity contribution < 1.29 is 19.7 Å². The van der Waals surface area contributed by atoms with Gasteiger partial charge in [-0.15, -0.1) is 0 Å². The lowest BCUT2D eigenvalue weighted by atomic mass is 10.0. The Morgan fingerprint density at radius 3 is 2.57 bits per heavy atom. The van der Waals surface area contributed by atoms with Crippen molar-refractivity contribution in [3.05, 3.63) is 48.3 Å². The number of benzene rings is 1. The molecule has 162 valence electrons. The Morgan fingerprint density at radius 1 is 1.20 bits per heavy atom. The molecule has 0 spiro atoms. The van der Waals surface area contributed by atoms with Crippen LogP contribution in [-0.2, 0) is 11.8 Å². The van der Waals surface area contributed by atoms with E-state index in [0.717, 1.165) is 26.2 Å². The number of hydrogen-bond donors (Lipinski definition) is 3. The number of amides is 1. The van der Waals surface area contributed by atoms with E-state index in [9.17, 15) is 15.0 Å². The number of aliphatic hydroxyl groups excluding tert-OH is 2. The SMILES string of the molecule is Cn1cc(C(=O)NCC2OC(CO)C(O)C2N2CCN(c3ccccc3)CC2)cn1. The average molecular weight is 415 g/mol. The first kappa shape index (κ1) is 20.8. The lowest BCUT2D eigenvalue weighted by molar-refractivity contribution is -0.0209. The molecule has 9 nitrogen and oxygen atoms in total. The van der Waals surface area contributed by atoms with E-state index in [0.29, 0.717) is 5.56 Å². The number of hydrogen-bond acceptors (Lipinski definition) is 7. The van der Waals surface area contributed by atoms with Crippen molar-refractivity contribution in [2.24, 2.45) is 7.05 Å². The molecule has 30 heavy (non-hydrogen) atoms. The summed E-state index contributed by atoms with van der Waals surface area (Å²) in [7, 11) is 1.75. The molecule has 4 rings (SSSR count). The fraction of sp³-hybridized carbons (Fsp3) is 0.524. The molecule has 2 saturated heterocycles. The molecule has 2 aliphatic rings. The van der Waals surface area contributed by atoms with Crippen LogP contribution >= 0.6 is 0 Å². The summed E-state index contributed by atoms with van der Waals surface area (Å²) in [6, 6.07) is 9.98. The van der Waals surface area contributed by atoms with E-state index in [4.69, 9.17) is 4.74 Å². The Kier molecular flexibility index (Phi) is 6.33. The van der Waals surface area contributed by atoms with Gasteiger partial charge in [-0.1, -0.05) is 18.2 Å². The van der Waals surface area contributed by atoms with Crippen LogP contribution in [0.1, 0.15) is 10.4 Å². The van der Waals surface area contributed by atoms with E-state index in [2.05, 4.69) is 32.3 Å². The molecule has 2 fully saturated rings. The normalized spacial score (nSPS) is 27.4. The van der Waals surface area contributed by atoms with Crippen LogP contribution in [0.5, 0.6) is 0 Å². The molecular weight excluding hydrogens is 386 g/mol. The lowest BCUT2D eigenvalue weighted by Gasteiger charge is -2.41. The fourth-order valence-corrected chi connectivity index (χ4v) is 4.35. The van der Waals surface area contributed by atoms with Gasteiger partial charge in [0.15, 0.2) is 0 Å². The Labute approximate surface area is 175 Å². The molecule has 0 saturated carbocycles. The van der Waals surface area contributed by atoms with E-state index in [1.54, 1.807) is 17.9 Å². The minimum absolute atomic E-state index is 0.235. The predicted octanol–water partition coefficient (Wildman–Crippen LogP) is -0.539. The number of ether oxygens (including phenoxy) is 1. The minimum Gasteiger partial charge on any atom is -0.394 e. The van der Waals surface area contributed by atoms with Gasteiger partial charge >= 0.3 is 0 Å². The quantitative estimate of drug-likeness (QED) is 0.582. The fourth-order valence-electron chi connectivity index (χ4n) is 4.35. The number of nitrogens with one attached hydrogen (secondary N) is 1. The molecule has 2 aliphatic heterocycles. The second-order valence-corrected chi connectivity index (χ2v) is 7.85. The summed E-state index contributed by atoms with van der Waals surface area (Å²) in [5.74, 6) is -0.235. The van der Waals surface area contributed by atoms with Gasteiger partial charge in [0.1, 0.15) is 12.2 Å². The number of carbonyl (C=O) groups excluding carboxylic acids is 1. The van der Waals surface area contributed by atoms with E-state index in [1.807, 2.05) is 18.2 Å². The second-order valence-electron chi connectivity index (χ2n) is 7.85. The first-order valence-corrected chi connectivity index (χ1v) is 10.3. The number of piperazine rings is 1. The van der Waals surface area contributed by atoms with Crippen molar-refractivity contribution in [1.82, 2.24) is 20.0 Å². The number of aliphatic hydroxyl groups is 2. The summed E-state index contributed by atoms with van der Waals surface area (Å²) in [5, 5.41) is 27.3. The maximum absolute atomic E-state index is 12.4. The highest BCUT2D eigenvalue weighted by atomic mass is 16.5. The standard InChI is InChI=1S/C21H29N5O4/c1-24-13-15(11-23-24)21(29)22-12-17-19(20(28)18(14-27)30-17)26-9-7-25(8-10-26)16-5-3-2-4-6-16/h2-6,11,13,17-20,27-28H,7-10,12,14H2,1H3,(H,22,29). The van der Waals surface area contributed by atoms with Gasteiger partial charge in [0.05, 0.1) is 30.5 Å². The van der Waals surface area contributed by atoms with Gasteiger partial charge in [-0.05, 0) is 12.1 Å². The van der Waals surface area contributed by atoms with Crippen LogP contribution in [-0.4, -0.2) is 94.5 Å². The third-order valence-electron chi connectivity index (χ3n) is 5.93. The van der Waals surface area contributed by atoms with Crippen molar-refractivity contribution in [2.75, 3.05) is 44.2 Å². The van der Waals surface area contributed by atoms with Crippen molar-refractivity contribution in [3.63, 3.8) is 0 Å². The largest absolute Gasteiger partial charge is 0.394 e. The first-order valence-electron chi connectivity index (χ1n) is 10.3. The van der Waals surface area contributed by atoms with Crippen molar-refractivity contribution >= 4 is 11.6 Å². The zero-order valence-corrected chi connectivity index (χ0v) is 17.1. The molecule has 1 aromatic heterocycles. The smallest absolute Gasteiger partial charge is 0.254 e. The lowest BCUT2D eigenvalue weighted by Crippen LogP contribution is -2.57. The van der Waals surface area contributed by atoms with Crippen LogP contribution in [0, 0.1) is 0 Å². The molecular formula is C21H29N5O4. The van der Waals surface area contributed by atoms with Crippen molar-refractivity contribution in [3.8, 4) is 0 Å². The number of rotatable bonds is 6. The van der Waals surface area contributed by atoms with Crippen LogP contribution in [0.4, 0.5) is 5.69 Å². The van der Waals surface area contributed by atoms with Gasteiger partial charge in [0.2, 0.25) is 0 Å². The number of aryl methyl sites for hydroxylation is 1. The van der Waals surface area contributed by atoms with Gasteiger partial charge < -0.3 is 25.2 Å².